The molecule has 9 aromatic rings. The van der Waals surface area contributed by atoms with E-state index >= 15 is 0 Å². The van der Waals surface area contributed by atoms with E-state index in [0.717, 1.165) is 55.6 Å². The zero-order valence-corrected chi connectivity index (χ0v) is 40.2. The summed E-state index contributed by atoms with van der Waals surface area (Å²) in [6.07, 6.45) is 7.66. The molecule has 0 saturated carbocycles. The van der Waals surface area contributed by atoms with Crippen LogP contribution in [0, 0.1) is 0 Å². The molecule has 0 spiro atoms. The van der Waals surface area contributed by atoms with E-state index in [9.17, 15) is 40.9 Å². The molecule has 0 saturated heterocycles. The van der Waals surface area contributed by atoms with Crippen molar-refractivity contribution in [2.75, 3.05) is 9.80 Å². The third-order valence-corrected chi connectivity index (χ3v) is 13.0. The smallest absolute Gasteiger partial charge is 0.206 e. The summed E-state index contributed by atoms with van der Waals surface area (Å²) in [5.74, 6) is -5.49. The van der Waals surface area contributed by atoms with E-state index in [4.69, 9.17) is 0 Å². The first-order chi connectivity index (χ1) is 35.2. The zero-order chi connectivity index (χ0) is 51.5. The Hall–Kier alpha value is -9.67. The Morgan fingerprint density at radius 2 is 0.630 bits per heavy atom. The van der Waals surface area contributed by atoms with E-state index < -0.39 is 46.0 Å². The van der Waals surface area contributed by atoms with E-state index in [-0.39, 0.29) is 22.3 Å². The lowest BCUT2D eigenvalue weighted by atomic mass is 9.90. The minimum absolute atomic E-state index is 0.103. The maximum atomic E-state index is 11.2. The molecular weight excluding hydrogens is 910 g/mol. The Kier molecular flexibility index (Phi) is 13.5. The van der Waals surface area contributed by atoms with Crippen LogP contribution in [-0.4, -0.2) is 56.5 Å². The van der Waals surface area contributed by atoms with Crippen LogP contribution in [0.15, 0.2) is 207 Å². The number of phenolic OH excluding ortho intramolecular Hbond substituents is 8. The predicted molar refractivity (Wildman–Crippen MR) is 300 cm³/mol. The van der Waals surface area contributed by atoms with Crippen LogP contribution < -0.4 is 20.7 Å². The molecule has 358 valence electrons. The summed E-state index contributed by atoms with van der Waals surface area (Å²) in [5, 5.41) is 85.9. The quantitative estimate of drug-likeness (QED) is 0.0241. The standard InChI is InChI=1S/C61H50B2N2O8/c1-3-4-6-9-36(2)37-20-28-46(29-21-37)64(52-50(62)54(66)58(70)60(72)56(52)68)48-32-24-44(25-33-48)41-16-12-39(13-17-41)40-14-18-42(19-15-40)45-26-34-49(35-27-45)65(53-51(63)55(67)59(71)61(73)57(53)69)47-30-22-43(23-31-47)38-10-7-5-8-11-38/h3-35,66-73H,2,62-63H2,1H3/b4-3-,9-6-. The maximum absolute atomic E-state index is 11.2. The third-order valence-electron chi connectivity index (χ3n) is 13.0. The molecule has 0 atom stereocenters. The summed E-state index contributed by atoms with van der Waals surface area (Å²) >= 11 is 0. The highest BCUT2D eigenvalue weighted by atomic mass is 16.4. The Balaban J connectivity index is 0.959. The van der Waals surface area contributed by atoms with Gasteiger partial charge in [0.25, 0.3) is 0 Å². The first-order valence-electron chi connectivity index (χ1n) is 23.4. The Morgan fingerprint density at radius 3 is 0.945 bits per heavy atom. The van der Waals surface area contributed by atoms with Gasteiger partial charge in [-0.15, -0.1) is 0 Å². The normalized spacial score (nSPS) is 11.3. The van der Waals surface area contributed by atoms with Crippen molar-refractivity contribution in [3.63, 3.8) is 0 Å². The molecule has 9 rings (SSSR count). The molecular formula is C61H50B2N2O8. The first-order valence-corrected chi connectivity index (χ1v) is 23.4. The highest BCUT2D eigenvalue weighted by molar-refractivity contribution is 6.40. The molecule has 8 N–H and O–H groups in total. The number of hydrogen-bond acceptors (Lipinski definition) is 10. The average molecular weight is 961 g/mol. The van der Waals surface area contributed by atoms with E-state index in [2.05, 4.69) is 30.8 Å². The molecule has 9 aromatic carbocycles. The van der Waals surface area contributed by atoms with Gasteiger partial charge >= 0.3 is 0 Å². The van der Waals surface area contributed by atoms with Crippen molar-refractivity contribution in [3.05, 3.63) is 212 Å². The fourth-order valence-corrected chi connectivity index (χ4v) is 8.92. The highest BCUT2D eigenvalue weighted by Gasteiger charge is 2.28. The van der Waals surface area contributed by atoms with Gasteiger partial charge in [0.1, 0.15) is 15.7 Å². The number of nitrogens with zero attached hydrogens (tertiary/aromatic N) is 2. The molecule has 0 fully saturated rings. The van der Waals surface area contributed by atoms with Gasteiger partial charge in [0, 0.05) is 22.7 Å². The van der Waals surface area contributed by atoms with Crippen LogP contribution in [0.2, 0.25) is 0 Å². The van der Waals surface area contributed by atoms with Gasteiger partial charge < -0.3 is 50.7 Å². The van der Waals surface area contributed by atoms with Gasteiger partial charge in [0.05, 0.1) is 11.4 Å². The summed E-state index contributed by atoms with van der Waals surface area (Å²) in [6, 6.07) is 57.0. The number of hydrogen-bond donors (Lipinski definition) is 8. The number of anilines is 6. The largest absolute Gasteiger partial charge is 0.505 e. The molecule has 0 radical (unpaired) electrons. The topological polar surface area (TPSA) is 168 Å². The first kappa shape index (κ1) is 48.4. The molecule has 0 unspecified atom stereocenters. The predicted octanol–water partition coefficient (Wildman–Crippen LogP) is 11.6. The molecule has 12 heteroatoms. The monoisotopic (exact) mass is 960 g/mol. The fraction of sp³-hybridized carbons (Fsp3) is 0.0164. The van der Waals surface area contributed by atoms with Gasteiger partial charge in [-0.25, -0.2) is 0 Å². The van der Waals surface area contributed by atoms with E-state index in [0.29, 0.717) is 22.7 Å². The zero-order valence-electron chi connectivity index (χ0n) is 40.2. The lowest BCUT2D eigenvalue weighted by Crippen LogP contribution is -2.20. The summed E-state index contributed by atoms with van der Waals surface area (Å²) in [6.45, 7) is 6.11. The summed E-state index contributed by atoms with van der Waals surface area (Å²) in [5.41, 5.74) is 12.6. The SMILES string of the molecule is Bc1c(O)c(O)c(O)c(O)c1N(c1ccc(C(=C)/C=C\C=C/C)cc1)c1ccc(-c2ccc(-c3ccc(-c4ccc(N(c5ccc(-c6ccccc6)cc5)c5c(B)c(O)c(O)c(O)c5O)cc4)cc3)cc2)cc1. The molecule has 10 nitrogen and oxygen atoms in total. The summed E-state index contributed by atoms with van der Waals surface area (Å²) < 4.78 is 0. The van der Waals surface area contributed by atoms with Crippen LogP contribution >= 0.6 is 0 Å². The number of rotatable bonds is 13. The van der Waals surface area contributed by atoms with Crippen LogP contribution in [0.4, 0.5) is 34.1 Å². The number of aromatic hydroxyl groups is 8. The van der Waals surface area contributed by atoms with Crippen molar-refractivity contribution in [1.82, 2.24) is 0 Å². The van der Waals surface area contributed by atoms with E-state index in [1.165, 1.54) is 0 Å². The van der Waals surface area contributed by atoms with Crippen molar-refractivity contribution in [3.8, 4) is 90.5 Å². The van der Waals surface area contributed by atoms with Gasteiger partial charge in [-0.3, -0.25) is 0 Å². The number of phenols is 8. The lowest BCUT2D eigenvalue weighted by Gasteiger charge is -2.29. The van der Waals surface area contributed by atoms with Crippen LogP contribution in [0.3, 0.4) is 0 Å². The average Bonchev–Trinajstić information content (AvgIpc) is 3.44. The van der Waals surface area contributed by atoms with Crippen molar-refractivity contribution in [1.29, 1.82) is 0 Å². The molecule has 0 amide bonds. The van der Waals surface area contributed by atoms with Gasteiger partial charge in [0.15, 0.2) is 23.0 Å². The third kappa shape index (κ3) is 9.40. The van der Waals surface area contributed by atoms with Crippen molar-refractivity contribution in [2.24, 2.45) is 0 Å². The lowest BCUT2D eigenvalue weighted by molar-refractivity contribution is 0.348. The van der Waals surface area contributed by atoms with Crippen molar-refractivity contribution in [2.45, 2.75) is 6.92 Å². The van der Waals surface area contributed by atoms with Crippen molar-refractivity contribution >= 4 is 66.3 Å². The Bertz CT molecular complexity index is 3490. The molecule has 0 aliphatic heterocycles. The van der Waals surface area contributed by atoms with Gasteiger partial charge in [-0.1, -0.05) is 158 Å². The Labute approximate surface area is 425 Å². The minimum Gasteiger partial charge on any atom is -0.505 e. The van der Waals surface area contributed by atoms with E-state index in [1.807, 2.05) is 183 Å². The minimum atomic E-state index is -0.830. The number of allylic oxidation sites excluding steroid dienone is 5. The summed E-state index contributed by atoms with van der Waals surface area (Å²) in [4.78, 5) is 3.44. The highest BCUT2D eigenvalue weighted by Crippen LogP contribution is 2.51. The second kappa shape index (κ2) is 20.4. The molecule has 0 aliphatic rings. The van der Waals surface area contributed by atoms with Crippen LogP contribution in [0.5, 0.6) is 46.0 Å². The molecule has 0 aromatic heterocycles. The van der Waals surface area contributed by atoms with E-state index in [1.54, 1.807) is 25.5 Å². The van der Waals surface area contributed by atoms with Gasteiger partial charge in [0.2, 0.25) is 23.0 Å². The maximum Gasteiger partial charge on any atom is 0.206 e. The molecule has 0 bridgehead atoms. The number of benzene rings is 9. The molecule has 73 heavy (non-hydrogen) atoms. The molecule has 0 heterocycles. The van der Waals surface area contributed by atoms with Crippen LogP contribution in [-0.2, 0) is 0 Å². The fourth-order valence-electron chi connectivity index (χ4n) is 8.92. The van der Waals surface area contributed by atoms with Gasteiger partial charge in [-0.2, -0.15) is 0 Å². The second-order valence-electron chi connectivity index (χ2n) is 17.5. The molecule has 0 aliphatic carbocycles. The van der Waals surface area contributed by atoms with Gasteiger partial charge in [-0.05, 0) is 122 Å². The Morgan fingerprint density at radius 1 is 0.356 bits per heavy atom. The van der Waals surface area contributed by atoms with Crippen LogP contribution in [0.25, 0.3) is 50.1 Å². The second-order valence-corrected chi connectivity index (χ2v) is 17.5. The van der Waals surface area contributed by atoms with Crippen LogP contribution in [0.1, 0.15) is 12.5 Å². The summed E-state index contributed by atoms with van der Waals surface area (Å²) in [7, 11) is 3.12. The van der Waals surface area contributed by atoms with Crippen molar-refractivity contribution < 1.29 is 40.9 Å².